The predicted molar refractivity (Wildman–Crippen MR) is 71.2 cm³/mol. The molecule has 0 aliphatic rings. The molecule has 0 spiro atoms. The van der Waals surface area contributed by atoms with E-state index in [1.54, 1.807) is 11.3 Å². The van der Waals surface area contributed by atoms with E-state index < -0.39 is 0 Å². The predicted octanol–water partition coefficient (Wildman–Crippen LogP) is 3.13. The van der Waals surface area contributed by atoms with Gasteiger partial charge in [0.05, 0.1) is 7.11 Å². The summed E-state index contributed by atoms with van der Waals surface area (Å²) >= 11 is 1.70. The van der Waals surface area contributed by atoms with Gasteiger partial charge in [0.1, 0.15) is 6.04 Å². The minimum absolute atomic E-state index is 0.165. The van der Waals surface area contributed by atoms with Gasteiger partial charge in [-0.2, -0.15) is 0 Å². The minimum atomic E-state index is -0.197. The molecule has 0 radical (unpaired) electrons. The van der Waals surface area contributed by atoms with Crippen molar-refractivity contribution in [1.82, 2.24) is 5.32 Å². The molecule has 1 aromatic rings. The Morgan fingerprint density at radius 3 is 2.88 bits per heavy atom. The van der Waals surface area contributed by atoms with Crippen LogP contribution in [-0.4, -0.2) is 19.1 Å². The van der Waals surface area contributed by atoms with Crippen molar-refractivity contribution in [1.29, 1.82) is 0 Å². The van der Waals surface area contributed by atoms with E-state index in [1.165, 1.54) is 12.0 Å². The molecule has 0 bridgehead atoms. The number of unbranched alkanes of at least 4 members (excludes halogenated alkanes) is 1. The third kappa shape index (κ3) is 4.48. The monoisotopic (exact) mass is 255 g/mol. The first-order valence-electron chi connectivity index (χ1n) is 6.06. The van der Waals surface area contributed by atoms with Gasteiger partial charge < -0.3 is 4.74 Å². The molecule has 1 heterocycles. The van der Waals surface area contributed by atoms with Crippen LogP contribution in [0, 0.1) is 0 Å². The van der Waals surface area contributed by atoms with Crippen LogP contribution in [0.1, 0.15) is 44.0 Å². The summed E-state index contributed by atoms with van der Waals surface area (Å²) in [4.78, 5) is 12.9. The molecule has 0 amide bonds. The van der Waals surface area contributed by atoms with E-state index >= 15 is 0 Å². The molecule has 17 heavy (non-hydrogen) atoms. The van der Waals surface area contributed by atoms with Crippen molar-refractivity contribution in [2.45, 2.75) is 45.2 Å². The first kappa shape index (κ1) is 14.2. The van der Waals surface area contributed by atoms with Crippen molar-refractivity contribution in [2.24, 2.45) is 0 Å². The molecule has 96 valence electrons. The molecule has 1 aromatic heterocycles. The molecule has 1 unspecified atom stereocenters. The fourth-order valence-corrected chi connectivity index (χ4v) is 2.48. The summed E-state index contributed by atoms with van der Waals surface area (Å²) in [6.07, 6.45) is 2.95. The van der Waals surface area contributed by atoms with Crippen LogP contribution in [0.3, 0.4) is 0 Å². The van der Waals surface area contributed by atoms with Crippen molar-refractivity contribution in [3.63, 3.8) is 0 Å². The number of methoxy groups -OCH3 is 1. The van der Waals surface area contributed by atoms with Crippen LogP contribution in [0.4, 0.5) is 0 Å². The van der Waals surface area contributed by atoms with Gasteiger partial charge in [0, 0.05) is 10.9 Å². The van der Waals surface area contributed by atoms with Crippen LogP contribution in [-0.2, 0) is 9.53 Å². The molecule has 4 heteroatoms. The normalized spacial score (nSPS) is 14.3. The number of hydrogen-bond acceptors (Lipinski definition) is 4. The number of hydrogen-bond donors (Lipinski definition) is 1. The second kappa shape index (κ2) is 7.45. The zero-order chi connectivity index (χ0) is 12.7. The summed E-state index contributed by atoms with van der Waals surface area (Å²) in [5.41, 5.74) is 0. The first-order valence-corrected chi connectivity index (χ1v) is 6.94. The largest absolute Gasteiger partial charge is 0.468 e. The number of thiophene rings is 1. The number of rotatable bonds is 7. The fraction of sp³-hybridized carbons (Fsp3) is 0.615. The summed E-state index contributed by atoms with van der Waals surface area (Å²) in [6, 6.07) is 4.10. The second-order valence-corrected chi connectivity index (χ2v) is 5.10. The maximum Gasteiger partial charge on any atom is 0.322 e. The maximum atomic E-state index is 11.6. The van der Waals surface area contributed by atoms with Crippen molar-refractivity contribution in [3.05, 3.63) is 22.4 Å². The lowest BCUT2D eigenvalue weighted by Crippen LogP contribution is -2.38. The average Bonchev–Trinajstić information content (AvgIpc) is 2.87. The van der Waals surface area contributed by atoms with E-state index in [-0.39, 0.29) is 18.1 Å². The Hall–Kier alpha value is -0.870. The molecule has 0 aliphatic carbocycles. The van der Waals surface area contributed by atoms with Crippen molar-refractivity contribution in [3.8, 4) is 0 Å². The summed E-state index contributed by atoms with van der Waals surface area (Å²) in [5, 5.41) is 5.39. The van der Waals surface area contributed by atoms with Crippen molar-refractivity contribution < 1.29 is 9.53 Å². The van der Waals surface area contributed by atoms with E-state index in [1.807, 2.05) is 11.4 Å². The highest BCUT2D eigenvalue weighted by molar-refractivity contribution is 7.10. The highest BCUT2D eigenvalue weighted by Gasteiger charge is 2.21. The van der Waals surface area contributed by atoms with Crippen LogP contribution in [0.25, 0.3) is 0 Å². The van der Waals surface area contributed by atoms with Crippen LogP contribution in [0.2, 0.25) is 0 Å². The van der Waals surface area contributed by atoms with Gasteiger partial charge in [0.15, 0.2) is 0 Å². The molecule has 0 aromatic carbocycles. The van der Waals surface area contributed by atoms with E-state index in [4.69, 9.17) is 4.74 Å². The molecule has 3 nitrogen and oxygen atoms in total. The van der Waals surface area contributed by atoms with Crippen LogP contribution < -0.4 is 5.32 Å². The lowest BCUT2D eigenvalue weighted by Gasteiger charge is -2.20. The molecule has 0 saturated carbocycles. The van der Waals surface area contributed by atoms with Gasteiger partial charge >= 0.3 is 5.97 Å². The van der Waals surface area contributed by atoms with Crippen molar-refractivity contribution in [2.75, 3.05) is 7.11 Å². The highest BCUT2D eigenvalue weighted by Crippen LogP contribution is 2.19. The SMILES string of the molecule is CCCCC(N[C@@H](C)c1cccs1)C(=O)OC. The van der Waals surface area contributed by atoms with Gasteiger partial charge in [0.25, 0.3) is 0 Å². The van der Waals surface area contributed by atoms with E-state index in [9.17, 15) is 4.79 Å². The summed E-state index contributed by atoms with van der Waals surface area (Å²) < 4.78 is 4.83. The van der Waals surface area contributed by atoms with E-state index in [2.05, 4.69) is 25.2 Å². The highest BCUT2D eigenvalue weighted by atomic mass is 32.1. The maximum absolute atomic E-state index is 11.6. The third-order valence-corrected chi connectivity index (χ3v) is 3.81. The molecular weight excluding hydrogens is 234 g/mol. The number of esters is 1. The minimum Gasteiger partial charge on any atom is -0.468 e. The smallest absolute Gasteiger partial charge is 0.322 e. The Kier molecular flexibility index (Phi) is 6.22. The lowest BCUT2D eigenvalue weighted by atomic mass is 10.1. The molecular formula is C13H21NO2S. The summed E-state index contributed by atoms with van der Waals surface area (Å²) in [5.74, 6) is -0.165. The van der Waals surface area contributed by atoms with Gasteiger partial charge in [-0.25, -0.2) is 0 Å². The standard InChI is InChI=1S/C13H21NO2S/c1-4-5-7-11(13(15)16-3)14-10(2)12-8-6-9-17-12/h6,8-11,14H,4-5,7H2,1-3H3/t10-,11?/m0/s1. The number of carbonyl (C=O) groups is 1. The van der Waals surface area contributed by atoms with Crippen molar-refractivity contribution >= 4 is 17.3 Å². The molecule has 0 fully saturated rings. The van der Waals surface area contributed by atoms with E-state index in [0.29, 0.717) is 0 Å². The Bertz CT molecular complexity index is 324. The molecule has 2 atom stereocenters. The van der Waals surface area contributed by atoms with Gasteiger partial charge in [-0.05, 0) is 24.8 Å². The summed E-state index contributed by atoms with van der Waals surface area (Å²) in [7, 11) is 1.44. The zero-order valence-corrected chi connectivity index (χ0v) is 11.5. The van der Waals surface area contributed by atoms with Gasteiger partial charge in [-0.3, -0.25) is 10.1 Å². The number of ether oxygens (including phenoxy) is 1. The summed E-state index contributed by atoms with van der Waals surface area (Å²) in [6.45, 7) is 4.20. The molecule has 0 aliphatic heterocycles. The van der Waals surface area contributed by atoms with Crippen LogP contribution >= 0.6 is 11.3 Å². The van der Waals surface area contributed by atoms with Gasteiger partial charge in [-0.1, -0.05) is 25.8 Å². The zero-order valence-electron chi connectivity index (χ0n) is 10.7. The first-order chi connectivity index (χ1) is 8.19. The fourth-order valence-electron chi connectivity index (χ4n) is 1.74. The number of carbonyl (C=O) groups excluding carboxylic acids is 1. The second-order valence-electron chi connectivity index (χ2n) is 4.12. The average molecular weight is 255 g/mol. The molecule has 1 N–H and O–H groups in total. The van der Waals surface area contributed by atoms with E-state index in [0.717, 1.165) is 19.3 Å². The Morgan fingerprint density at radius 1 is 1.59 bits per heavy atom. The van der Waals surface area contributed by atoms with Gasteiger partial charge in [0.2, 0.25) is 0 Å². The third-order valence-electron chi connectivity index (χ3n) is 2.75. The number of nitrogens with one attached hydrogen (secondary N) is 1. The Labute approximate surface area is 107 Å². The van der Waals surface area contributed by atoms with Gasteiger partial charge in [-0.15, -0.1) is 11.3 Å². The quantitative estimate of drug-likeness (QED) is 0.761. The lowest BCUT2D eigenvalue weighted by molar-refractivity contribution is -0.143. The molecule has 0 saturated heterocycles. The topological polar surface area (TPSA) is 38.3 Å². The molecule has 1 rings (SSSR count). The Morgan fingerprint density at radius 2 is 2.35 bits per heavy atom. The van der Waals surface area contributed by atoms with Crippen LogP contribution in [0.15, 0.2) is 17.5 Å². The van der Waals surface area contributed by atoms with Crippen LogP contribution in [0.5, 0.6) is 0 Å². The Balaban J connectivity index is 2.55.